The van der Waals surface area contributed by atoms with Gasteiger partial charge in [0.1, 0.15) is 0 Å². The summed E-state index contributed by atoms with van der Waals surface area (Å²) in [5.74, 6) is 0.156. The lowest BCUT2D eigenvalue weighted by Gasteiger charge is -2.18. The Morgan fingerprint density at radius 3 is 2.52 bits per heavy atom. The Morgan fingerprint density at radius 1 is 1.26 bits per heavy atom. The normalized spacial score (nSPS) is 21.4. The van der Waals surface area contributed by atoms with Crippen LogP contribution < -0.4 is 10.6 Å². The van der Waals surface area contributed by atoms with Gasteiger partial charge in [0.05, 0.1) is 6.04 Å². The lowest BCUT2D eigenvalue weighted by atomic mass is 10.1. The number of urea groups is 1. The van der Waals surface area contributed by atoms with Gasteiger partial charge in [-0.25, -0.2) is 4.79 Å². The van der Waals surface area contributed by atoms with Crippen molar-refractivity contribution in [2.45, 2.75) is 49.4 Å². The Kier molecular flexibility index (Phi) is 6.54. The SMILES string of the molecule is CC(C)Sc1ccc(C(C)NC(=O)N[C@@H]2C=C[C@H](CO)C2)cc1. The molecule has 23 heavy (non-hydrogen) atoms. The Balaban J connectivity index is 1.82. The molecule has 0 bridgehead atoms. The molecule has 2 rings (SSSR count). The van der Waals surface area contributed by atoms with Crippen molar-refractivity contribution in [2.24, 2.45) is 5.92 Å². The highest BCUT2D eigenvalue weighted by Gasteiger charge is 2.20. The second kappa shape index (κ2) is 8.41. The number of hydrogen-bond acceptors (Lipinski definition) is 3. The fourth-order valence-corrected chi connectivity index (χ4v) is 3.45. The van der Waals surface area contributed by atoms with Crippen LogP contribution in [-0.4, -0.2) is 29.0 Å². The van der Waals surface area contributed by atoms with Gasteiger partial charge in [-0.3, -0.25) is 0 Å². The van der Waals surface area contributed by atoms with Gasteiger partial charge >= 0.3 is 6.03 Å². The summed E-state index contributed by atoms with van der Waals surface area (Å²) in [5.41, 5.74) is 1.09. The van der Waals surface area contributed by atoms with Crippen molar-refractivity contribution >= 4 is 17.8 Å². The minimum absolute atomic E-state index is 0.00386. The minimum atomic E-state index is -0.175. The van der Waals surface area contributed by atoms with E-state index in [9.17, 15) is 4.79 Å². The number of aliphatic hydroxyl groups excluding tert-OH is 1. The monoisotopic (exact) mass is 334 g/mol. The number of amides is 2. The number of carbonyl (C=O) groups is 1. The van der Waals surface area contributed by atoms with Crippen LogP contribution in [0.2, 0.25) is 0 Å². The summed E-state index contributed by atoms with van der Waals surface area (Å²) < 4.78 is 0. The number of benzene rings is 1. The highest BCUT2D eigenvalue weighted by molar-refractivity contribution is 7.99. The largest absolute Gasteiger partial charge is 0.396 e. The first-order chi connectivity index (χ1) is 11.0. The molecule has 1 aromatic rings. The molecule has 0 spiro atoms. The second-order valence-electron chi connectivity index (χ2n) is 6.24. The zero-order valence-corrected chi connectivity index (χ0v) is 14.8. The minimum Gasteiger partial charge on any atom is -0.396 e. The van der Waals surface area contributed by atoms with Crippen LogP contribution in [0, 0.1) is 5.92 Å². The van der Waals surface area contributed by atoms with E-state index < -0.39 is 0 Å². The maximum Gasteiger partial charge on any atom is 0.315 e. The van der Waals surface area contributed by atoms with Gasteiger partial charge in [-0.15, -0.1) is 11.8 Å². The van der Waals surface area contributed by atoms with Gasteiger partial charge < -0.3 is 15.7 Å². The molecule has 5 heteroatoms. The third-order valence-corrected chi connectivity index (χ3v) is 4.84. The van der Waals surface area contributed by atoms with Crippen LogP contribution in [0.4, 0.5) is 4.79 Å². The number of rotatable bonds is 6. The van der Waals surface area contributed by atoms with E-state index in [-0.39, 0.29) is 30.6 Å². The highest BCUT2D eigenvalue weighted by atomic mass is 32.2. The predicted molar refractivity (Wildman–Crippen MR) is 95.6 cm³/mol. The topological polar surface area (TPSA) is 61.4 Å². The van der Waals surface area contributed by atoms with Crippen LogP contribution in [0.1, 0.15) is 38.8 Å². The third-order valence-electron chi connectivity index (χ3n) is 3.82. The van der Waals surface area contributed by atoms with Crippen molar-refractivity contribution in [3.8, 4) is 0 Å². The molecule has 0 saturated carbocycles. The Morgan fingerprint density at radius 2 is 1.96 bits per heavy atom. The van der Waals surface area contributed by atoms with Crippen molar-refractivity contribution in [1.82, 2.24) is 10.6 Å². The zero-order valence-electron chi connectivity index (χ0n) is 14.0. The summed E-state index contributed by atoms with van der Waals surface area (Å²) >= 11 is 1.83. The molecule has 0 aromatic heterocycles. The number of nitrogens with one attached hydrogen (secondary N) is 2. The Labute approximate surface area is 142 Å². The van der Waals surface area contributed by atoms with Crippen molar-refractivity contribution in [1.29, 1.82) is 0 Å². The number of carbonyl (C=O) groups excluding carboxylic acids is 1. The van der Waals surface area contributed by atoms with Crippen LogP contribution in [0.5, 0.6) is 0 Å². The van der Waals surface area contributed by atoms with Gasteiger partial charge in [0.25, 0.3) is 0 Å². The molecule has 3 atom stereocenters. The molecule has 0 heterocycles. The van der Waals surface area contributed by atoms with E-state index in [1.807, 2.05) is 30.8 Å². The van der Waals surface area contributed by atoms with Crippen LogP contribution >= 0.6 is 11.8 Å². The van der Waals surface area contributed by atoms with Crippen molar-refractivity contribution in [3.05, 3.63) is 42.0 Å². The number of aliphatic hydroxyl groups is 1. The molecular formula is C18H26N2O2S. The van der Waals surface area contributed by atoms with E-state index >= 15 is 0 Å². The smallest absolute Gasteiger partial charge is 0.315 e. The third kappa shape index (κ3) is 5.59. The predicted octanol–water partition coefficient (Wildman–Crippen LogP) is 3.48. The molecule has 1 unspecified atom stereocenters. The van der Waals surface area contributed by atoms with Crippen LogP contribution in [0.3, 0.4) is 0 Å². The van der Waals surface area contributed by atoms with Gasteiger partial charge in [-0.05, 0) is 31.0 Å². The molecule has 0 aliphatic heterocycles. The van der Waals surface area contributed by atoms with E-state index in [1.165, 1.54) is 4.90 Å². The first kappa shape index (κ1) is 17.9. The Bertz CT molecular complexity index is 542. The van der Waals surface area contributed by atoms with Gasteiger partial charge in [0, 0.05) is 28.7 Å². The van der Waals surface area contributed by atoms with Gasteiger partial charge in [0.2, 0.25) is 0 Å². The summed E-state index contributed by atoms with van der Waals surface area (Å²) in [6.45, 7) is 6.45. The van der Waals surface area contributed by atoms with Crippen molar-refractivity contribution in [2.75, 3.05) is 6.61 Å². The van der Waals surface area contributed by atoms with Crippen LogP contribution in [0.15, 0.2) is 41.3 Å². The average molecular weight is 334 g/mol. The molecule has 0 saturated heterocycles. The zero-order chi connectivity index (χ0) is 16.8. The summed E-state index contributed by atoms with van der Waals surface area (Å²) in [6, 6.07) is 8.10. The first-order valence-electron chi connectivity index (χ1n) is 8.10. The van der Waals surface area contributed by atoms with E-state index in [4.69, 9.17) is 5.11 Å². The van der Waals surface area contributed by atoms with Crippen LogP contribution in [-0.2, 0) is 0 Å². The van der Waals surface area contributed by atoms with E-state index in [0.29, 0.717) is 5.25 Å². The van der Waals surface area contributed by atoms with Crippen molar-refractivity contribution < 1.29 is 9.90 Å². The number of thioether (sulfide) groups is 1. The maximum absolute atomic E-state index is 12.1. The molecule has 0 radical (unpaired) electrons. The molecule has 1 aromatic carbocycles. The van der Waals surface area contributed by atoms with E-state index in [2.05, 4.69) is 48.7 Å². The standard InChI is InChI=1S/C18H26N2O2S/c1-12(2)23-17-8-5-15(6-9-17)13(3)19-18(22)20-16-7-4-14(10-16)11-21/h4-9,12-14,16,21H,10-11H2,1-3H3,(H2,19,20,22)/t13?,14-,16+/m0/s1. The molecule has 4 nitrogen and oxygen atoms in total. The summed E-state index contributed by atoms with van der Waals surface area (Å²) in [5, 5.41) is 15.6. The Hall–Kier alpha value is -1.46. The fourth-order valence-electron chi connectivity index (χ4n) is 2.61. The summed E-state index contributed by atoms with van der Waals surface area (Å²) in [6.07, 6.45) is 4.67. The van der Waals surface area contributed by atoms with Gasteiger partial charge in [0.15, 0.2) is 0 Å². The second-order valence-corrected chi connectivity index (χ2v) is 7.89. The van der Waals surface area contributed by atoms with Gasteiger partial charge in [-0.1, -0.05) is 38.1 Å². The van der Waals surface area contributed by atoms with Crippen LogP contribution in [0.25, 0.3) is 0 Å². The molecule has 3 N–H and O–H groups in total. The molecule has 2 amide bonds. The van der Waals surface area contributed by atoms with Crippen molar-refractivity contribution in [3.63, 3.8) is 0 Å². The van der Waals surface area contributed by atoms with Gasteiger partial charge in [-0.2, -0.15) is 0 Å². The van der Waals surface area contributed by atoms with E-state index in [0.717, 1.165) is 12.0 Å². The maximum atomic E-state index is 12.1. The lowest BCUT2D eigenvalue weighted by Crippen LogP contribution is -2.41. The number of hydrogen-bond donors (Lipinski definition) is 3. The summed E-state index contributed by atoms with van der Waals surface area (Å²) in [7, 11) is 0. The molecular weight excluding hydrogens is 308 g/mol. The lowest BCUT2D eigenvalue weighted by molar-refractivity contribution is 0.229. The quantitative estimate of drug-likeness (QED) is 0.551. The fraction of sp³-hybridized carbons (Fsp3) is 0.500. The highest BCUT2D eigenvalue weighted by Crippen LogP contribution is 2.24. The molecule has 1 aliphatic rings. The van der Waals surface area contributed by atoms with E-state index in [1.54, 1.807) is 0 Å². The first-order valence-corrected chi connectivity index (χ1v) is 8.98. The molecule has 126 valence electrons. The average Bonchev–Trinajstić information content (AvgIpc) is 2.94. The summed E-state index contributed by atoms with van der Waals surface area (Å²) in [4.78, 5) is 13.3. The molecule has 1 aliphatic carbocycles. The molecule has 0 fully saturated rings.